The Labute approximate surface area is 57.5 Å². The number of hydrogen-bond acceptors (Lipinski definition) is 3. The van der Waals surface area contributed by atoms with E-state index in [1.807, 2.05) is 13.8 Å². The first-order valence-electron chi connectivity index (χ1n) is 2.71. The lowest BCUT2D eigenvalue weighted by Gasteiger charge is -1.92. The molecule has 1 aromatic rings. The van der Waals surface area contributed by atoms with Gasteiger partial charge in [0, 0.05) is 17.5 Å². The van der Waals surface area contributed by atoms with Gasteiger partial charge in [-0.25, -0.2) is 0 Å². The van der Waals surface area contributed by atoms with Gasteiger partial charge < -0.3 is 0 Å². The molecule has 3 nitrogen and oxygen atoms in total. The van der Waals surface area contributed by atoms with Crippen LogP contribution in [0, 0.1) is 0 Å². The third kappa shape index (κ3) is 1.38. The number of hydrogen-bond donors (Lipinski definition) is 0. The second kappa shape index (κ2) is 2.31. The van der Waals surface area contributed by atoms with E-state index in [9.17, 15) is 5.11 Å². The van der Waals surface area contributed by atoms with Gasteiger partial charge in [-0.05, 0) is 0 Å². The molecular formula is C5H7N2OS. The van der Waals surface area contributed by atoms with Crippen molar-refractivity contribution >= 4 is 11.5 Å². The van der Waals surface area contributed by atoms with Crippen molar-refractivity contribution in [3.8, 4) is 5.19 Å². The summed E-state index contributed by atoms with van der Waals surface area (Å²) < 4.78 is 3.83. The van der Waals surface area contributed by atoms with E-state index >= 15 is 0 Å². The van der Waals surface area contributed by atoms with Gasteiger partial charge in [0.05, 0.1) is 0 Å². The minimum absolute atomic E-state index is 0.196. The number of rotatable bonds is 1. The molecule has 0 saturated heterocycles. The smallest absolute Gasteiger partial charge is 0.253 e. The highest BCUT2D eigenvalue weighted by molar-refractivity contribution is 7.07. The molecule has 4 heteroatoms. The molecule has 1 radical (unpaired) electrons. The number of nitrogens with zero attached hydrogens (tertiary/aromatic N) is 2. The van der Waals surface area contributed by atoms with Crippen LogP contribution in [0.4, 0.5) is 0 Å². The molecule has 0 atom stereocenters. The molecule has 1 heterocycles. The van der Waals surface area contributed by atoms with E-state index in [1.54, 1.807) is 0 Å². The van der Waals surface area contributed by atoms with Gasteiger partial charge in [-0.1, -0.05) is 13.8 Å². The van der Waals surface area contributed by atoms with Crippen molar-refractivity contribution in [1.82, 2.24) is 9.36 Å². The van der Waals surface area contributed by atoms with E-state index in [0.29, 0.717) is 5.82 Å². The minimum Gasteiger partial charge on any atom is -0.253 e. The summed E-state index contributed by atoms with van der Waals surface area (Å²) in [4.78, 5) is 3.66. The Morgan fingerprint density at radius 2 is 2.22 bits per heavy atom. The highest BCUT2D eigenvalue weighted by atomic mass is 32.1. The van der Waals surface area contributed by atoms with Gasteiger partial charge in [-0.2, -0.15) is 9.36 Å². The maximum atomic E-state index is 10.4. The van der Waals surface area contributed by atoms with E-state index in [2.05, 4.69) is 9.36 Å². The molecule has 0 fully saturated rings. The van der Waals surface area contributed by atoms with Crippen LogP contribution in [0.3, 0.4) is 0 Å². The summed E-state index contributed by atoms with van der Waals surface area (Å²) in [6, 6.07) is 0. The first-order chi connectivity index (χ1) is 4.20. The van der Waals surface area contributed by atoms with Gasteiger partial charge in [0.1, 0.15) is 5.82 Å². The van der Waals surface area contributed by atoms with Crippen LogP contribution in [0.5, 0.6) is 5.19 Å². The molecule has 0 spiro atoms. The largest absolute Gasteiger partial charge is 0.345 e. The van der Waals surface area contributed by atoms with Crippen molar-refractivity contribution in [3.05, 3.63) is 5.82 Å². The second-order valence-corrected chi connectivity index (χ2v) is 2.79. The minimum atomic E-state index is -0.196. The van der Waals surface area contributed by atoms with Gasteiger partial charge in [0.2, 0.25) is 0 Å². The Morgan fingerprint density at radius 1 is 1.56 bits per heavy atom. The summed E-state index contributed by atoms with van der Waals surface area (Å²) >= 11 is 0.916. The normalized spacial score (nSPS) is 10.6. The van der Waals surface area contributed by atoms with Crippen LogP contribution in [0.1, 0.15) is 25.6 Å². The number of aromatic nitrogens is 2. The van der Waals surface area contributed by atoms with E-state index in [4.69, 9.17) is 0 Å². The topological polar surface area (TPSA) is 45.7 Å². The molecule has 0 bridgehead atoms. The van der Waals surface area contributed by atoms with Crippen molar-refractivity contribution in [2.45, 2.75) is 19.8 Å². The molecule has 0 aromatic carbocycles. The summed E-state index contributed by atoms with van der Waals surface area (Å²) in [5.74, 6) is 0.925. The average Bonchev–Trinajstić information content (AvgIpc) is 2.14. The zero-order valence-electron chi connectivity index (χ0n) is 5.29. The molecule has 0 amide bonds. The fourth-order valence-corrected chi connectivity index (χ4v) is 1.01. The van der Waals surface area contributed by atoms with Gasteiger partial charge in [0.15, 0.2) is 0 Å². The Kier molecular flexibility index (Phi) is 1.66. The highest BCUT2D eigenvalue weighted by Crippen LogP contribution is 2.17. The molecule has 0 saturated carbocycles. The van der Waals surface area contributed by atoms with Gasteiger partial charge in [0.25, 0.3) is 0 Å². The van der Waals surface area contributed by atoms with E-state index < -0.39 is 0 Å². The van der Waals surface area contributed by atoms with Crippen LogP contribution in [-0.2, 0) is 5.11 Å². The molecule has 1 aromatic heterocycles. The van der Waals surface area contributed by atoms with E-state index in [1.165, 1.54) is 0 Å². The van der Waals surface area contributed by atoms with Crippen LogP contribution in [-0.4, -0.2) is 9.36 Å². The Bertz CT molecular complexity index is 197. The van der Waals surface area contributed by atoms with Crippen LogP contribution < -0.4 is 0 Å². The monoisotopic (exact) mass is 143 g/mol. The molecule has 0 aliphatic heterocycles. The first-order valence-corrected chi connectivity index (χ1v) is 3.48. The Hall–Kier alpha value is -0.640. The summed E-state index contributed by atoms with van der Waals surface area (Å²) in [5.41, 5.74) is 0. The maximum Gasteiger partial charge on any atom is 0.345 e. The summed E-state index contributed by atoms with van der Waals surface area (Å²) in [5, 5.41) is 10.2. The average molecular weight is 143 g/mol. The predicted octanol–water partition coefficient (Wildman–Crippen LogP) is 1.81. The second-order valence-electron chi connectivity index (χ2n) is 2.07. The molecule has 1 rings (SSSR count). The zero-order valence-corrected chi connectivity index (χ0v) is 6.10. The molecule has 0 aliphatic carbocycles. The summed E-state index contributed by atoms with van der Waals surface area (Å²) in [7, 11) is 0. The Balaban J connectivity index is 2.85. The van der Waals surface area contributed by atoms with Crippen LogP contribution in [0.15, 0.2) is 0 Å². The molecule has 0 aliphatic rings. The first kappa shape index (κ1) is 6.48. The van der Waals surface area contributed by atoms with Crippen molar-refractivity contribution in [2.75, 3.05) is 0 Å². The van der Waals surface area contributed by atoms with Crippen LogP contribution >= 0.6 is 11.5 Å². The quantitative estimate of drug-likeness (QED) is 0.601. The molecule has 49 valence electrons. The molecule has 0 N–H and O–H groups in total. The lowest BCUT2D eigenvalue weighted by Crippen LogP contribution is -1.87. The Morgan fingerprint density at radius 3 is 2.44 bits per heavy atom. The van der Waals surface area contributed by atoms with Crippen LogP contribution in [0.2, 0.25) is 0 Å². The third-order valence-electron chi connectivity index (χ3n) is 0.940. The van der Waals surface area contributed by atoms with Crippen molar-refractivity contribution in [1.29, 1.82) is 0 Å². The lowest BCUT2D eigenvalue weighted by atomic mass is 10.2. The standard InChI is InChI=1S/C5H7N2OS/c1-3(2)4-6-5(8)9-7-4/h3H,1-2H3. The fourth-order valence-electron chi connectivity index (χ4n) is 0.455. The molecular weight excluding hydrogens is 136 g/mol. The third-order valence-corrected chi connectivity index (χ3v) is 1.47. The summed E-state index contributed by atoms with van der Waals surface area (Å²) in [6.45, 7) is 3.92. The zero-order chi connectivity index (χ0) is 6.85. The molecule has 9 heavy (non-hydrogen) atoms. The van der Waals surface area contributed by atoms with Crippen molar-refractivity contribution < 1.29 is 5.11 Å². The van der Waals surface area contributed by atoms with Crippen molar-refractivity contribution in [3.63, 3.8) is 0 Å². The fraction of sp³-hybridized carbons (Fsp3) is 0.600. The van der Waals surface area contributed by atoms with E-state index in [0.717, 1.165) is 11.5 Å². The van der Waals surface area contributed by atoms with Gasteiger partial charge in [-0.15, -0.1) is 0 Å². The van der Waals surface area contributed by atoms with Crippen molar-refractivity contribution in [2.24, 2.45) is 0 Å². The highest BCUT2D eigenvalue weighted by Gasteiger charge is 2.06. The lowest BCUT2D eigenvalue weighted by molar-refractivity contribution is 0.350. The summed E-state index contributed by atoms with van der Waals surface area (Å²) in [6.07, 6.45) is 0. The van der Waals surface area contributed by atoms with Crippen LogP contribution in [0.25, 0.3) is 0 Å². The predicted molar refractivity (Wildman–Crippen MR) is 34.1 cm³/mol. The maximum absolute atomic E-state index is 10.4. The van der Waals surface area contributed by atoms with Gasteiger partial charge >= 0.3 is 5.19 Å². The SMILES string of the molecule is CC(C)c1nsc([O])n1. The van der Waals surface area contributed by atoms with E-state index in [-0.39, 0.29) is 11.1 Å². The van der Waals surface area contributed by atoms with Gasteiger partial charge in [-0.3, -0.25) is 5.11 Å². The molecule has 0 unspecified atom stereocenters.